The second kappa shape index (κ2) is 5.71. The molecule has 0 aliphatic heterocycles. The lowest BCUT2D eigenvalue weighted by Crippen LogP contribution is -2.02. The summed E-state index contributed by atoms with van der Waals surface area (Å²) in [5.74, 6) is 0.816. The van der Waals surface area contributed by atoms with E-state index in [9.17, 15) is 5.11 Å². The molecule has 0 fully saturated rings. The summed E-state index contributed by atoms with van der Waals surface area (Å²) in [5.41, 5.74) is 6.86. The van der Waals surface area contributed by atoms with Gasteiger partial charge in [-0.1, -0.05) is 11.6 Å². The van der Waals surface area contributed by atoms with Gasteiger partial charge in [-0.3, -0.25) is 4.98 Å². The van der Waals surface area contributed by atoms with Crippen molar-refractivity contribution in [1.29, 1.82) is 0 Å². The fourth-order valence-corrected chi connectivity index (χ4v) is 1.60. The molecule has 94 valence electrons. The number of nitrogens with zero attached hydrogens (tertiary/aromatic N) is 1. The Bertz CT molecular complexity index is 529. The van der Waals surface area contributed by atoms with E-state index in [-0.39, 0.29) is 12.3 Å². The summed E-state index contributed by atoms with van der Waals surface area (Å²) in [5, 5.41) is 10.1. The smallest absolute Gasteiger partial charge is 0.138 e. The Morgan fingerprint density at radius 1 is 1.28 bits per heavy atom. The second-order valence-corrected chi connectivity index (χ2v) is 4.19. The van der Waals surface area contributed by atoms with Crippen LogP contribution in [0.3, 0.4) is 0 Å². The third-order valence-electron chi connectivity index (χ3n) is 2.44. The maximum Gasteiger partial charge on any atom is 0.138 e. The maximum atomic E-state index is 9.45. The van der Waals surface area contributed by atoms with Crippen molar-refractivity contribution in [3.8, 4) is 11.5 Å². The Labute approximate surface area is 110 Å². The van der Waals surface area contributed by atoms with E-state index in [4.69, 9.17) is 22.1 Å². The van der Waals surface area contributed by atoms with Crippen molar-refractivity contribution in [1.82, 2.24) is 4.98 Å². The molecule has 0 saturated heterocycles. The molecule has 0 aliphatic carbocycles. The summed E-state index contributed by atoms with van der Waals surface area (Å²) in [6, 6.07) is 8.81. The fraction of sp³-hybridized carbons (Fsp3) is 0.154. The highest BCUT2D eigenvalue weighted by Crippen LogP contribution is 2.18. The molecule has 18 heavy (non-hydrogen) atoms. The van der Waals surface area contributed by atoms with E-state index in [1.807, 2.05) is 0 Å². The van der Waals surface area contributed by atoms with Crippen LogP contribution in [0.5, 0.6) is 11.5 Å². The molecule has 0 radical (unpaired) electrons. The van der Waals surface area contributed by atoms with Crippen LogP contribution in [-0.2, 0) is 13.2 Å². The van der Waals surface area contributed by atoms with Crippen LogP contribution in [0, 0.1) is 0 Å². The van der Waals surface area contributed by atoms with E-state index in [1.54, 1.807) is 30.3 Å². The number of nitrogens with two attached hydrogens (primary N) is 1. The molecule has 2 aromatic rings. The number of ether oxygens (including phenoxy) is 1. The van der Waals surface area contributed by atoms with Crippen molar-refractivity contribution >= 4 is 11.6 Å². The Hall–Kier alpha value is -1.78. The van der Waals surface area contributed by atoms with Gasteiger partial charge in [0.25, 0.3) is 0 Å². The third kappa shape index (κ3) is 3.12. The van der Waals surface area contributed by atoms with Crippen LogP contribution < -0.4 is 10.5 Å². The normalized spacial score (nSPS) is 10.3. The summed E-state index contributed by atoms with van der Waals surface area (Å²) < 4.78 is 5.54. The lowest BCUT2D eigenvalue weighted by molar-refractivity contribution is 0.300. The topological polar surface area (TPSA) is 68.4 Å². The summed E-state index contributed by atoms with van der Waals surface area (Å²) in [7, 11) is 0. The second-order valence-electron chi connectivity index (χ2n) is 3.75. The molecular formula is C13H13ClN2O2. The minimum absolute atomic E-state index is 0.104. The van der Waals surface area contributed by atoms with E-state index in [0.29, 0.717) is 28.6 Å². The first-order valence-electron chi connectivity index (χ1n) is 5.44. The largest absolute Gasteiger partial charge is 0.506 e. The number of aromatic nitrogens is 1. The zero-order valence-corrected chi connectivity index (χ0v) is 10.4. The molecule has 3 N–H and O–H groups in total. The number of pyridine rings is 1. The lowest BCUT2D eigenvalue weighted by Gasteiger charge is -2.07. The SMILES string of the molecule is NCc1cc(COc2ccc(Cl)cc2)ncc1O. The molecule has 0 amide bonds. The monoisotopic (exact) mass is 264 g/mol. The van der Waals surface area contributed by atoms with Crippen molar-refractivity contribution in [2.24, 2.45) is 5.73 Å². The van der Waals surface area contributed by atoms with E-state index < -0.39 is 0 Å². The number of hydrogen-bond acceptors (Lipinski definition) is 4. The minimum Gasteiger partial charge on any atom is -0.506 e. The van der Waals surface area contributed by atoms with Gasteiger partial charge >= 0.3 is 0 Å². The number of aromatic hydroxyl groups is 1. The Morgan fingerprint density at radius 3 is 2.67 bits per heavy atom. The van der Waals surface area contributed by atoms with Gasteiger partial charge in [0.15, 0.2) is 0 Å². The molecule has 0 atom stereocenters. The molecule has 0 unspecified atom stereocenters. The van der Waals surface area contributed by atoms with E-state index >= 15 is 0 Å². The average Bonchev–Trinajstić information content (AvgIpc) is 2.39. The molecule has 0 aliphatic rings. The number of rotatable bonds is 4. The maximum absolute atomic E-state index is 9.45. The van der Waals surface area contributed by atoms with Gasteiger partial charge in [0.1, 0.15) is 18.1 Å². The molecule has 5 heteroatoms. The molecule has 1 aromatic heterocycles. The van der Waals surface area contributed by atoms with Crippen molar-refractivity contribution in [3.63, 3.8) is 0 Å². The predicted octanol–water partition coefficient (Wildman–Crippen LogP) is 2.48. The van der Waals surface area contributed by atoms with Crippen molar-refractivity contribution in [3.05, 3.63) is 52.8 Å². The highest BCUT2D eigenvalue weighted by atomic mass is 35.5. The van der Waals surface area contributed by atoms with Gasteiger partial charge in [-0.05, 0) is 30.3 Å². The average molecular weight is 265 g/mol. The van der Waals surface area contributed by atoms with Crippen LogP contribution in [0.25, 0.3) is 0 Å². The van der Waals surface area contributed by atoms with E-state index in [1.165, 1.54) is 6.20 Å². The van der Waals surface area contributed by atoms with Crippen LogP contribution in [0.4, 0.5) is 0 Å². The standard InChI is InChI=1S/C13H13ClN2O2/c14-10-1-3-12(4-2-10)18-8-11-5-9(6-15)13(17)7-16-11/h1-5,7,17H,6,8,15H2. The van der Waals surface area contributed by atoms with E-state index in [0.717, 1.165) is 0 Å². The van der Waals surface area contributed by atoms with Crippen molar-refractivity contribution in [2.75, 3.05) is 0 Å². The first kappa shape index (κ1) is 12.7. The Balaban J connectivity index is 2.04. The van der Waals surface area contributed by atoms with Gasteiger partial charge in [0, 0.05) is 17.1 Å². The van der Waals surface area contributed by atoms with Crippen LogP contribution in [0.1, 0.15) is 11.3 Å². The zero-order chi connectivity index (χ0) is 13.0. The van der Waals surface area contributed by atoms with Crippen LogP contribution >= 0.6 is 11.6 Å². The van der Waals surface area contributed by atoms with Gasteiger partial charge in [0.05, 0.1) is 11.9 Å². The van der Waals surface area contributed by atoms with Crippen molar-refractivity contribution < 1.29 is 9.84 Å². The molecule has 0 spiro atoms. The Kier molecular flexibility index (Phi) is 4.02. The summed E-state index contributed by atoms with van der Waals surface area (Å²) >= 11 is 5.78. The zero-order valence-electron chi connectivity index (χ0n) is 9.64. The first-order valence-corrected chi connectivity index (χ1v) is 5.82. The lowest BCUT2D eigenvalue weighted by atomic mass is 10.2. The van der Waals surface area contributed by atoms with Crippen LogP contribution in [-0.4, -0.2) is 10.1 Å². The molecule has 0 bridgehead atoms. The summed E-state index contributed by atoms with van der Waals surface area (Å²) in [6.07, 6.45) is 1.38. The number of halogens is 1. The highest BCUT2D eigenvalue weighted by Gasteiger charge is 2.03. The quantitative estimate of drug-likeness (QED) is 0.890. The molecular weight excluding hydrogens is 252 g/mol. The molecule has 0 saturated carbocycles. The molecule has 2 rings (SSSR count). The molecule has 1 heterocycles. The summed E-state index contributed by atoms with van der Waals surface area (Å²) in [6.45, 7) is 0.581. The molecule has 1 aromatic carbocycles. The van der Waals surface area contributed by atoms with Gasteiger partial charge in [-0.25, -0.2) is 0 Å². The number of benzene rings is 1. The Morgan fingerprint density at radius 2 is 2.00 bits per heavy atom. The minimum atomic E-state index is 0.104. The van der Waals surface area contributed by atoms with Crippen LogP contribution in [0.15, 0.2) is 36.5 Å². The predicted molar refractivity (Wildman–Crippen MR) is 69.6 cm³/mol. The van der Waals surface area contributed by atoms with Gasteiger partial charge in [0.2, 0.25) is 0 Å². The first-order chi connectivity index (χ1) is 8.69. The summed E-state index contributed by atoms with van der Waals surface area (Å²) in [4.78, 5) is 4.06. The van der Waals surface area contributed by atoms with E-state index in [2.05, 4.69) is 4.98 Å². The highest BCUT2D eigenvalue weighted by molar-refractivity contribution is 6.30. The van der Waals surface area contributed by atoms with Crippen molar-refractivity contribution in [2.45, 2.75) is 13.2 Å². The number of hydrogen-bond donors (Lipinski definition) is 2. The van der Waals surface area contributed by atoms with Gasteiger partial charge < -0.3 is 15.6 Å². The van der Waals surface area contributed by atoms with Gasteiger partial charge in [-0.2, -0.15) is 0 Å². The third-order valence-corrected chi connectivity index (χ3v) is 2.69. The fourth-order valence-electron chi connectivity index (χ4n) is 1.47. The van der Waals surface area contributed by atoms with Gasteiger partial charge in [-0.15, -0.1) is 0 Å². The van der Waals surface area contributed by atoms with Crippen LogP contribution in [0.2, 0.25) is 5.02 Å². The molecule has 4 nitrogen and oxygen atoms in total.